The first-order valence-corrected chi connectivity index (χ1v) is 5.57. The summed E-state index contributed by atoms with van der Waals surface area (Å²) >= 11 is 0. The zero-order valence-corrected chi connectivity index (χ0v) is 10.1. The van der Waals surface area contributed by atoms with E-state index in [9.17, 15) is 19.4 Å². The van der Waals surface area contributed by atoms with Crippen LogP contribution in [0, 0.1) is 5.82 Å². The number of nitrogens with two attached hydrogens (primary N) is 1. The summed E-state index contributed by atoms with van der Waals surface area (Å²) in [5, 5.41) is 21.9. The SMILES string of the molecule is CC(=O)NCCC(O)C(O)c1ccc(N)cc1F. The zero-order valence-electron chi connectivity index (χ0n) is 10.1. The third kappa shape index (κ3) is 3.97. The van der Waals surface area contributed by atoms with Crippen molar-refractivity contribution >= 4 is 11.6 Å². The molecule has 0 heterocycles. The van der Waals surface area contributed by atoms with Crippen molar-refractivity contribution in [3.8, 4) is 0 Å². The van der Waals surface area contributed by atoms with E-state index in [1.165, 1.54) is 19.1 Å². The third-order valence-electron chi connectivity index (χ3n) is 2.52. The lowest BCUT2D eigenvalue weighted by atomic mass is 10.0. The molecule has 100 valence electrons. The van der Waals surface area contributed by atoms with Gasteiger partial charge in [-0.3, -0.25) is 4.79 Å². The summed E-state index contributed by atoms with van der Waals surface area (Å²) in [6, 6.07) is 3.86. The number of hydrogen-bond acceptors (Lipinski definition) is 4. The molecule has 0 aliphatic carbocycles. The molecule has 1 rings (SSSR count). The lowest BCUT2D eigenvalue weighted by Crippen LogP contribution is -2.28. The lowest BCUT2D eigenvalue weighted by Gasteiger charge is -2.19. The van der Waals surface area contributed by atoms with Crippen molar-refractivity contribution in [2.75, 3.05) is 12.3 Å². The first-order chi connectivity index (χ1) is 8.41. The van der Waals surface area contributed by atoms with Gasteiger partial charge >= 0.3 is 0 Å². The summed E-state index contributed by atoms with van der Waals surface area (Å²) in [6.07, 6.45) is -2.38. The Morgan fingerprint density at radius 2 is 2.17 bits per heavy atom. The van der Waals surface area contributed by atoms with Gasteiger partial charge in [0, 0.05) is 24.7 Å². The van der Waals surface area contributed by atoms with Gasteiger partial charge in [0.25, 0.3) is 0 Å². The molecule has 5 N–H and O–H groups in total. The number of halogens is 1. The van der Waals surface area contributed by atoms with Gasteiger partial charge in [-0.2, -0.15) is 0 Å². The maximum Gasteiger partial charge on any atom is 0.216 e. The van der Waals surface area contributed by atoms with E-state index < -0.39 is 18.0 Å². The second kappa shape index (κ2) is 6.32. The van der Waals surface area contributed by atoms with E-state index in [1.54, 1.807) is 0 Å². The fourth-order valence-electron chi connectivity index (χ4n) is 1.54. The molecule has 0 bridgehead atoms. The minimum atomic E-state index is -1.35. The van der Waals surface area contributed by atoms with Crippen molar-refractivity contribution in [2.24, 2.45) is 0 Å². The largest absolute Gasteiger partial charge is 0.399 e. The number of aliphatic hydroxyl groups excluding tert-OH is 2. The molecular formula is C12H17FN2O3. The summed E-state index contributed by atoms with van der Waals surface area (Å²) < 4.78 is 13.5. The number of aliphatic hydroxyl groups is 2. The predicted molar refractivity (Wildman–Crippen MR) is 65.1 cm³/mol. The van der Waals surface area contributed by atoms with E-state index in [1.807, 2.05) is 0 Å². The molecule has 0 aliphatic rings. The Balaban J connectivity index is 2.62. The summed E-state index contributed by atoms with van der Waals surface area (Å²) in [4.78, 5) is 10.6. The lowest BCUT2D eigenvalue weighted by molar-refractivity contribution is -0.119. The van der Waals surface area contributed by atoms with Crippen molar-refractivity contribution in [2.45, 2.75) is 25.6 Å². The number of nitrogens with one attached hydrogen (secondary N) is 1. The number of nitrogen functional groups attached to an aromatic ring is 1. The fraction of sp³-hybridized carbons (Fsp3) is 0.417. The first kappa shape index (κ1) is 14.4. The van der Waals surface area contributed by atoms with Crippen LogP contribution < -0.4 is 11.1 Å². The Morgan fingerprint density at radius 1 is 1.50 bits per heavy atom. The molecule has 6 heteroatoms. The summed E-state index contributed by atoms with van der Waals surface area (Å²) in [6.45, 7) is 1.56. The van der Waals surface area contributed by atoms with Crippen molar-refractivity contribution in [1.29, 1.82) is 0 Å². The predicted octanol–water partition coefficient (Wildman–Crippen LogP) is 0.328. The van der Waals surface area contributed by atoms with Crippen molar-refractivity contribution in [3.05, 3.63) is 29.6 Å². The molecule has 1 aromatic rings. The highest BCUT2D eigenvalue weighted by molar-refractivity contribution is 5.72. The second-order valence-corrected chi connectivity index (χ2v) is 4.06. The normalized spacial score (nSPS) is 14.0. The van der Waals surface area contributed by atoms with Crippen LogP contribution in [0.15, 0.2) is 18.2 Å². The van der Waals surface area contributed by atoms with Gasteiger partial charge in [-0.25, -0.2) is 4.39 Å². The molecule has 0 fully saturated rings. The summed E-state index contributed by atoms with van der Waals surface area (Å²) in [5.41, 5.74) is 5.62. The standard InChI is InChI=1S/C12H17FN2O3/c1-7(16)15-5-4-11(17)12(18)9-3-2-8(14)6-10(9)13/h2-3,6,11-12,17-18H,4-5,14H2,1H3,(H,15,16). The Morgan fingerprint density at radius 3 is 2.72 bits per heavy atom. The highest BCUT2D eigenvalue weighted by Crippen LogP contribution is 2.23. The van der Waals surface area contributed by atoms with E-state index in [-0.39, 0.29) is 30.1 Å². The van der Waals surface area contributed by atoms with Crippen LogP contribution >= 0.6 is 0 Å². The second-order valence-electron chi connectivity index (χ2n) is 4.06. The number of rotatable bonds is 5. The van der Waals surface area contributed by atoms with Crippen molar-refractivity contribution < 1.29 is 19.4 Å². The molecular weight excluding hydrogens is 239 g/mol. The van der Waals surface area contributed by atoms with Gasteiger partial charge in [-0.15, -0.1) is 0 Å². The Kier molecular flexibility index (Phi) is 5.06. The molecule has 2 atom stereocenters. The number of anilines is 1. The van der Waals surface area contributed by atoms with E-state index >= 15 is 0 Å². The number of carbonyl (C=O) groups excluding carboxylic acids is 1. The molecule has 5 nitrogen and oxygen atoms in total. The molecule has 0 radical (unpaired) electrons. The van der Waals surface area contributed by atoms with Crippen LogP contribution in [0.1, 0.15) is 25.0 Å². The Hall–Kier alpha value is -1.66. The minimum absolute atomic E-state index is 0.0143. The number of hydrogen-bond donors (Lipinski definition) is 4. The molecule has 1 amide bonds. The number of carbonyl (C=O) groups is 1. The van der Waals surface area contributed by atoms with Gasteiger partial charge in [-0.05, 0) is 18.6 Å². The molecule has 0 aromatic heterocycles. The minimum Gasteiger partial charge on any atom is -0.399 e. The fourth-order valence-corrected chi connectivity index (χ4v) is 1.54. The maximum atomic E-state index is 13.5. The summed E-state index contributed by atoms with van der Waals surface area (Å²) in [7, 11) is 0. The van der Waals surface area contributed by atoms with Gasteiger partial charge in [0.1, 0.15) is 11.9 Å². The van der Waals surface area contributed by atoms with Crippen LogP contribution in [-0.2, 0) is 4.79 Å². The topological polar surface area (TPSA) is 95.6 Å². The Bertz CT molecular complexity index is 426. The molecule has 18 heavy (non-hydrogen) atoms. The highest BCUT2D eigenvalue weighted by Gasteiger charge is 2.21. The number of benzene rings is 1. The van der Waals surface area contributed by atoms with Gasteiger partial charge < -0.3 is 21.3 Å². The average molecular weight is 256 g/mol. The van der Waals surface area contributed by atoms with Crippen LogP contribution in [0.3, 0.4) is 0 Å². The molecule has 0 aliphatic heterocycles. The molecule has 0 saturated carbocycles. The zero-order chi connectivity index (χ0) is 13.7. The van der Waals surface area contributed by atoms with Crippen molar-refractivity contribution in [3.63, 3.8) is 0 Å². The quantitative estimate of drug-likeness (QED) is 0.571. The van der Waals surface area contributed by atoms with Crippen LogP contribution in [0.5, 0.6) is 0 Å². The summed E-state index contributed by atoms with van der Waals surface area (Å²) in [5.74, 6) is -0.892. The first-order valence-electron chi connectivity index (χ1n) is 5.57. The van der Waals surface area contributed by atoms with Crippen LogP contribution in [0.4, 0.5) is 10.1 Å². The van der Waals surface area contributed by atoms with Crippen molar-refractivity contribution in [1.82, 2.24) is 5.32 Å². The molecule has 2 unspecified atom stereocenters. The van der Waals surface area contributed by atoms with Gasteiger partial charge in [-0.1, -0.05) is 6.07 Å². The van der Waals surface area contributed by atoms with Crippen LogP contribution in [0.25, 0.3) is 0 Å². The van der Waals surface area contributed by atoms with Crippen LogP contribution in [-0.4, -0.2) is 28.8 Å². The van der Waals surface area contributed by atoms with Gasteiger partial charge in [0.2, 0.25) is 5.91 Å². The molecule has 0 saturated heterocycles. The smallest absolute Gasteiger partial charge is 0.216 e. The monoisotopic (exact) mass is 256 g/mol. The van der Waals surface area contributed by atoms with E-state index in [4.69, 9.17) is 5.73 Å². The molecule has 1 aromatic carbocycles. The average Bonchev–Trinajstić information content (AvgIpc) is 2.27. The van der Waals surface area contributed by atoms with Gasteiger partial charge in [0.05, 0.1) is 6.10 Å². The van der Waals surface area contributed by atoms with E-state index in [2.05, 4.69) is 5.32 Å². The van der Waals surface area contributed by atoms with E-state index in [0.717, 1.165) is 6.07 Å². The van der Waals surface area contributed by atoms with E-state index in [0.29, 0.717) is 0 Å². The van der Waals surface area contributed by atoms with Gasteiger partial charge in [0.15, 0.2) is 0 Å². The van der Waals surface area contributed by atoms with Crippen LogP contribution in [0.2, 0.25) is 0 Å². The highest BCUT2D eigenvalue weighted by atomic mass is 19.1. The molecule has 0 spiro atoms. The number of amides is 1. The Labute approximate surface area is 104 Å². The maximum absolute atomic E-state index is 13.5. The third-order valence-corrected chi connectivity index (χ3v) is 2.52.